The lowest BCUT2D eigenvalue weighted by molar-refractivity contribution is 0.340. The van der Waals surface area contributed by atoms with E-state index >= 15 is 0 Å². The number of likely N-dealkylation sites (N-methyl/N-ethyl adjacent to an activating group) is 2. The minimum atomic E-state index is 0.292. The number of rotatable bonds is 5. The number of benzene rings is 1. The number of nitrogens with zero attached hydrogens (tertiary/aromatic N) is 1. The Bertz CT molecular complexity index is 375. The van der Waals surface area contributed by atoms with Crippen molar-refractivity contribution in [2.24, 2.45) is 0 Å². The first-order valence-corrected chi connectivity index (χ1v) is 5.96. The first kappa shape index (κ1) is 14.0. The molecule has 0 aliphatic heterocycles. The van der Waals surface area contributed by atoms with Crippen molar-refractivity contribution in [3.05, 3.63) is 28.8 Å². The molecule has 0 aliphatic carbocycles. The van der Waals surface area contributed by atoms with Gasteiger partial charge in [-0.25, -0.2) is 0 Å². The molecule has 1 rings (SSSR count). The highest BCUT2D eigenvalue weighted by Gasteiger charge is 2.18. The van der Waals surface area contributed by atoms with Crippen LogP contribution in [-0.2, 0) is 0 Å². The van der Waals surface area contributed by atoms with Crippen molar-refractivity contribution in [1.82, 2.24) is 10.2 Å². The van der Waals surface area contributed by atoms with Crippen LogP contribution in [0.4, 0.5) is 0 Å². The van der Waals surface area contributed by atoms with Crippen molar-refractivity contribution < 1.29 is 4.74 Å². The Hall–Kier alpha value is -1.06. The van der Waals surface area contributed by atoms with Gasteiger partial charge in [-0.3, -0.25) is 0 Å². The van der Waals surface area contributed by atoms with Gasteiger partial charge in [0.15, 0.2) is 0 Å². The standard InChI is InChI=1S/C14H24N2O/c1-10-7-11(2)14(13(8-10)17-6)12(15-3)9-16(4)5/h7-8,12,15H,9H2,1-6H3. The van der Waals surface area contributed by atoms with Gasteiger partial charge in [0.1, 0.15) is 5.75 Å². The van der Waals surface area contributed by atoms with Gasteiger partial charge >= 0.3 is 0 Å². The third kappa shape index (κ3) is 3.45. The Labute approximate surface area is 105 Å². The van der Waals surface area contributed by atoms with Gasteiger partial charge in [0.2, 0.25) is 0 Å². The van der Waals surface area contributed by atoms with Crippen molar-refractivity contribution in [3.8, 4) is 5.75 Å². The topological polar surface area (TPSA) is 24.5 Å². The molecule has 0 aromatic heterocycles. The number of aryl methyl sites for hydroxylation is 2. The van der Waals surface area contributed by atoms with Crippen LogP contribution < -0.4 is 10.1 Å². The van der Waals surface area contributed by atoms with Crippen molar-refractivity contribution in [2.45, 2.75) is 19.9 Å². The van der Waals surface area contributed by atoms with Gasteiger partial charge in [0, 0.05) is 18.2 Å². The van der Waals surface area contributed by atoms with Crippen LogP contribution in [0.5, 0.6) is 5.75 Å². The largest absolute Gasteiger partial charge is 0.496 e. The normalized spacial score (nSPS) is 12.9. The van der Waals surface area contributed by atoms with Crippen LogP contribution in [-0.4, -0.2) is 39.7 Å². The fourth-order valence-corrected chi connectivity index (χ4v) is 2.25. The fourth-order valence-electron chi connectivity index (χ4n) is 2.25. The zero-order valence-electron chi connectivity index (χ0n) is 11.8. The SMILES string of the molecule is CNC(CN(C)C)c1c(C)cc(C)cc1OC. The summed E-state index contributed by atoms with van der Waals surface area (Å²) in [7, 11) is 7.90. The number of methoxy groups -OCH3 is 1. The summed E-state index contributed by atoms with van der Waals surface area (Å²) < 4.78 is 5.51. The summed E-state index contributed by atoms with van der Waals surface area (Å²) in [5.74, 6) is 0.976. The molecule has 1 aromatic carbocycles. The second kappa shape index (κ2) is 6.03. The lowest BCUT2D eigenvalue weighted by atomic mass is 9.97. The molecular formula is C14H24N2O. The molecular weight excluding hydrogens is 212 g/mol. The second-order valence-electron chi connectivity index (χ2n) is 4.80. The van der Waals surface area contributed by atoms with Crippen LogP contribution in [0.15, 0.2) is 12.1 Å². The maximum absolute atomic E-state index is 5.51. The van der Waals surface area contributed by atoms with E-state index in [0.717, 1.165) is 12.3 Å². The summed E-state index contributed by atoms with van der Waals surface area (Å²) in [5, 5.41) is 3.36. The number of nitrogens with one attached hydrogen (secondary N) is 1. The van der Waals surface area contributed by atoms with E-state index in [1.54, 1.807) is 7.11 Å². The zero-order chi connectivity index (χ0) is 13.0. The molecule has 0 aliphatic rings. The molecule has 1 unspecified atom stereocenters. The third-order valence-electron chi connectivity index (χ3n) is 2.96. The summed E-state index contributed by atoms with van der Waals surface area (Å²) >= 11 is 0. The van der Waals surface area contributed by atoms with Crippen LogP contribution in [0.1, 0.15) is 22.7 Å². The molecule has 96 valence electrons. The Morgan fingerprint density at radius 1 is 1.29 bits per heavy atom. The van der Waals surface area contributed by atoms with Gasteiger partial charge in [0.25, 0.3) is 0 Å². The Morgan fingerprint density at radius 3 is 2.41 bits per heavy atom. The maximum atomic E-state index is 5.51. The molecule has 0 heterocycles. The molecule has 1 atom stereocenters. The van der Waals surface area contributed by atoms with Crippen molar-refractivity contribution in [3.63, 3.8) is 0 Å². The molecule has 0 radical (unpaired) electrons. The van der Waals surface area contributed by atoms with E-state index in [1.165, 1.54) is 16.7 Å². The van der Waals surface area contributed by atoms with Crippen LogP contribution in [0.3, 0.4) is 0 Å². The van der Waals surface area contributed by atoms with Crippen molar-refractivity contribution in [2.75, 3.05) is 34.8 Å². The van der Waals surface area contributed by atoms with Gasteiger partial charge < -0.3 is 15.0 Å². The minimum absolute atomic E-state index is 0.292. The minimum Gasteiger partial charge on any atom is -0.496 e. The smallest absolute Gasteiger partial charge is 0.124 e. The summed E-state index contributed by atoms with van der Waals surface area (Å²) in [6.45, 7) is 5.20. The highest BCUT2D eigenvalue weighted by Crippen LogP contribution is 2.30. The molecule has 17 heavy (non-hydrogen) atoms. The molecule has 0 bridgehead atoms. The Kier molecular flexibility index (Phi) is 4.97. The summed E-state index contributed by atoms with van der Waals surface area (Å²) in [6.07, 6.45) is 0. The summed E-state index contributed by atoms with van der Waals surface area (Å²) in [5.41, 5.74) is 3.78. The van der Waals surface area contributed by atoms with E-state index in [0.29, 0.717) is 6.04 Å². The van der Waals surface area contributed by atoms with Gasteiger partial charge in [-0.1, -0.05) is 6.07 Å². The zero-order valence-corrected chi connectivity index (χ0v) is 11.8. The molecule has 3 nitrogen and oxygen atoms in total. The number of ether oxygens (including phenoxy) is 1. The average Bonchev–Trinajstić information content (AvgIpc) is 2.25. The van der Waals surface area contributed by atoms with Gasteiger partial charge in [-0.15, -0.1) is 0 Å². The number of hydrogen-bond acceptors (Lipinski definition) is 3. The highest BCUT2D eigenvalue weighted by molar-refractivity contribution is 5.45. The Balaban J connectivity index is 3.17. The first-order valence-electron chi connectivity index (χ1n) is 5.96. The number of hydrogen-bond donors (Lipinski definition) is 1. The molecule has 3 heteroatoms. The van der Waals surface area contributed by atoms with E-state index in [-0.39, 0.29) is 0 Å². The van der Waals surface area contributed by atoms with Crippen LogP contribution in [0.25, 0.3) is 0 Å². The van der Waals surface area contributed by atoms with Crippen LogP contribution in [0.2, 0.25) is 0 Å². The Morgan fingerprint density at radius 2 is 1.94 bits per heavy atom. The van der Waals surface area contributed by atoms with Crippen molar-refractivity contribution in [1.29, 1.82) is 0 Å². The van der Waals surface area contributed by atoms with Gasteiger partial charge in [-0.2, -0.15) is 0 Å². The third-order valence-corrected chi connectivity index (χ3v) is 2.96. The fraction of sp³-hybridized carbons (Fsp3) is 0.571. The predicted molar refractivity (Wildman–Crippen MR) is 72.8 cm³/mol. The molecule has 0 amide bonds. The van der Waals surface area contributed by atoms with E-state index in [1.807, 2.05) is 7.05 Å². The molecule has 0 spiro atoms. The van der Waals surface area contributed by atoms with Gasteiger partial charge in [-0.05, 0) is 52.2 Å². The van der Waals surface area contributed by atoms with Crippen LogP contribution in [0, 0.1) is 13.8 Å². The molecule has 1 N–H and O–H groups in total. The van der Waals surface area contributed by atoms with Crippen LogP contribution >= 0.6 is 0 Å². The molecule has 0 saturated carbocycles. The lowest BCUT2D eigenvalue weighted by Gasteiger charge is -2.25. The monoisotopic (exact) mass is 236 g/mol. The van der Waals surface area contributed by atoms with E-state index in [4.69, 9.17) is 4.74 Å². The lowest BCUT2D eigenvalue weighted by Crippen LogP contribution is -2.29. The predicted octanol–water partition coefficient (Wildman–Crippen LogP) is 2.13. The van der Waals surface area contributed by atoms with E-state index in [2.05, 4.69) is 50.3 Å². The van der Waals surface area contributed by atoms with E-state index in [9.17, 15) is 0 Å². The molecule has 0 saturated heterocycles. The average molecular weight is 236 g/mol. The maximum Gasteiger partial charge on any atom is 0.124 e. The molecule has 1 aromatic rings. The van der Waals surface area contributed by atoms with Gasteiger partial charge in [0.05, 0.1) is 7.11 Å². The summed E-state index contributed by atoms with van der Waals surface area (Å²) in [6, 6.07) is 4.60. The first-order chi connectivity index (χ1) is 7.99. The van der Waals surface area contributed by atoms with Crippen molar-refractivity contribution >= 4 is 0 Å². The molecule has 0 fully saturated rings. The van der Waals surface area contributed by atoms with E-state index < -0.39 is 0 Å². The quantitative estimate of drug-likeness (QED) is 0.847. The highest BCUT2D eigenvalue weighted by atomic mass is 16.5. The second-order valence-corrected chi connectivity index (χ2v) is 4.80. The summed E-state index contributed by atoms with van der Waals surface area (Å²) in [4.78, 5) is 2.18.